The van der Waals surface area contributed by atoms with Gasteiger partial charge in [0.1, 0.15) is 5.75 Å². The van der Waals surface area contributed by atoms with Crippen LogP contribution < -0.4 is 10.1 Å². The van der Waals surface area contributed by atoms with Gasteiger partial charge in [-0.05, 0) is 37.8 Å². The van der Waals surface area contributed by atoms with Crippen molar-refractivity contribution in [3.05, 3.63) is 24.3 Å². The van der Waals surface area contributed by atoms with Crippen LogP contribution >= 0.6 is 0 Å². The molecule has 1 aromatic carbocycles. The van der Waals surface area contributed by atoms with Gasteiger partial charge in [0.25, 0.3) is 0 Å². The number of hydrogen-bond acceptors (Lipinski definition) is 5. The van der Waals surface area contributed by atoms with Crippen molar-refractivity contribution in [2.45, 2.75) is 43.0 Å². The number of piperidine rings is 1. The maximum absolute atomic E-state index is 12.8. The molecule has 2 saturated heterocycles. The molecule has 0 aliphatic carbocycles. The number of alkyl halides is 3. The molecule has 0 aromatic heterocycles. The molecule has 0 bridgehead atoms. The van der Waals surface area contributed by atoms with E-state index < -0.39 is 22.1 Å². The quantitative estimate of drug-likeness (QED) is 0.766. The third-order valence-electron chi connectivity index (χ3n) is 5.01. The second-order valence-electron chi connectivity index (χ2n) is 7.12. The molecule has 2 heterocycles. The zero-order valence-electron chi connectivity index (χ0n) is 15.7. The summed E-state index contributed by atoms with van der Waals surface area (Å²) in [5.74, 6) is -1.01. The average Bonchev–Trinajstić information content (AvgIpc) is 2.68. The van der Waals surface area contributed by atoms with Crippen LogP contribution in [0.15, 0.2) is 29.2 Å². The molecule has 1 atom stereocenters. The fourth-order valence-corrected chi connectivity index (χ4v) is 5.02. The van der Waals surface area contributed by atoms with Crippen molar-refractivity contribution in [2.24, 2.45) is 5.92 Å². The molecule has 1 amide bonds. The Balaban J connectivity index is 1.59. The Bertz CT molecular complexity index is 817. The molecule has 11 heteroatoms. The van der Waals surface area contributed by atoms with E-state index in [9.17, 15) is 26.4 Å². The Hall–Kier alpha value is -1.85. The Kier molecular flexibility index (Phi) is 6.69. The smallest absolute Gasteiger partial charge is 0.406 e. The maximum Gasteiger partial charge on any atom is 0.573 e. The van der Waals surface area contributed by atoms with Crippen LogP contribution in [0.1, 0.15) is 25.7 Å². The summed E-state index contributed by atoms with van der Waals surface area (Å²) >= 11 is 0. The number of nitrogens with one attached hydrogen (secondary N) is 1. The van der Waals surface area contributed by atoms with Gasteiger partial charge in [0, 0.05) is 31.7 Å². The predicted molar refractivity (Wildman–Crippen MR) is 96.6 cm³/mol. The van der Waals surface area contributed by atoms with Gasteiger partial charge < -0.3 is 14.8 Å². The van der Waals surface area contributed by atoms with Gasteiger partial charge in [-0.2, -0.15) is 4.31 Å². The van der Waals surface area contributed by atoms with Crippen LogP contribution in [-0.4, -0.2) is 57.3 Å². The van der Waals surface area contributed by atoms with Gasteiger partial charge in [0.2, 0.25) is 15.9 Å². The Morgan fingerprint density at radius 3 is 2.55 bits per heavy atom. The van der Waals surface area contributed by atoms with Crippen molar-refractivity contribution in [3.8, 4) is 5.75 Å². The summed E-state index contributed by atoms with van der Waals surface area (Å²) in [5, 5.41) is 2.95. The van der Waals surface area contributed by atoms with Gasteiger partial charge in [-0.25, -0.2) is 8.42 Å². The van der Waals surface area contributed by atoms with E-state index in [1.165, 1.54) is 16.4 Å². The average molecular weight is 436 g/mol. The van der Waals surface area contributed by atoms with Gasteiger partial charge in [-0.15, -0.1) is 13.2 Å². The molecular weight excluding hydrogens is 413 g/mol. The highest BCUT2D eigenvalue weighted by Crippen LogP contribution is 2.28. The first kappa shape index (κ1) is 21.8. The van der Waals surface area contributed by atoms with Crippen molar-refractivity contribution < 1.29 is 35.9 Å². The van der Waals surface area contributed by atoms with E-state index in [-0.39, 0.29) is 35.9 Å². The molecule has 2 aliphatic heterocycles. The molecule has 7 nitrogen and oxygen atoms in total. The maximum atomic E-state index is 12.8. The third-order valence-corrected chi connectivity index (χ3v) is 6.90. The molecule has 1 aromatic rings. The van der Waals surface area contributed by atoms with Crippen LogP contribution in [0.3, 0.4) is 0 Å². The molecule has 0 radical (unpaired) electrons. The number of carbonyl (C=O) groups excluding carboxylic acids is 1. The van der Waals surface area contributed by atoms with Gasteiger partial charge >= 0.3 is 6.36 Å². The van der Waals surface area contributed by atoms with E-state index in [0.29, 0.717) is 26.1 Å². The Morgan fingerprint density at radius 1 is 1.21 bits per heavy atom. The minimum Gasteiger partial charge on any atom is -0.406 e. The fraction of sp³-hybridized carbons (Fsp3) is 0.611. The molecule has 2 aliphatic rings. The monoisotopic (exact) mass is 436 g/mol. The molecule has 2 fully saturated rings. The van der Waals surface area contributed by atoms with Crippen LogP contribution in [0.2, 0.25) is 0 Å². The number of hydrogen-bond donors (Lipinski definition) is 1. The largest absolute Gasteiger partial charge is 0.573 e. The summed E-state index contributed by atoms with van der Waals surface area (Å²) in [6, 6.07) is 4.29. The van der Waals surface area contributed by atoms with Crippen LogP contribution in [0.4, 0.5) is 13.2 Å². The van der Waals surface area contributed by atoms with Crippen LogP contribution in [0, 0.1) is 5.92 Å². The number of benzene rings is 1. The molecule has 0 saturated carbocycles. The van der Waals surface area contributed by atoms with E-state index in [4.69, 9.17) is 4.74 Å². The molecule has 29 heavy (non-hydrogen) atoms. The topological polar surface area (TPSA) is 84.9 Å². The summed E-state index contributed by atoms with van der Waals surface area (Å²) in [6.07, 6.45) is -2.47. The number of rotatable bonds is 5. The second kappa shape index (κ2) is 8.88. The summed E-state index contributed by atoms with van der Waals surface area (Å²) in [4.78, 5) is 12.1. The first-order valence-electron chi connectivity index (χ1n) is 9.39. The van der Waals surface area contributed by atoms with Gasteiger partial charge in [-0.3, -0.25) is 4.79 Å². The number of nitrogens with zero attached hydrogens (tertiary/aromatic N) is 1. The molecule has 0 spiro atoms. The number of amides is 1. The van der Waals surface area contributed by atoms with Crippen LogP contribution in [-0.2, 0) is 19.6 Å². The lowest BCUT2D eigenvalue weighted by Gasteiger charge is -2.32. The van der Waals surface area contributed by atoms with Crippen LogP contribution in [0.5, 0.6) is 5.75 Å². The summed E-state index contributed by atoms with van der Waals surface area (Å²) < 4.78 is 73.0. The lowest BCUT2D eigenvalue weighted by atomic mass is 9.96. The molecular formula is C18H23F3N2O5S. The van der Waals surface area contributed by atoms with E-state index in [2.05, 4.69) is 10.1 Å². The second-order valence-corrected chi connectivity index (χ2v) is 9.06. The third kappa shape index (κ3) is 5.83. The number of carbonyl (C=O) groups is 1. The highest BCUT2D eigenvalue weighted by Gasteiger charge is 2.34. The van der Waals surface area contributed by atoms with Crippen molar-refractivity contribution in [1.82, 2.24) is 9.62 Å². The first-order valence-corrected chi connectivity index (χ1v) is 10.8. The highest BCUT2D eigenvalue weighted by atomic mass is 32.2. The zero-order chi connectivity index (χ0) is 21.1. The highest BCUT2D eigenvalue weighted by molar-refractivity contribution is 7.89. The van der Waals surface area contributed by atoms with Crippen molar-refractivity contribution in [3.63, 3.8) is 0 Å². The Labute approximate surface area is 167 Å². The Morgan fingerprint density at radius 2 is 1.93 bits per heavy atom. The molecule has 162 valence electrons. The van der Waals surface area contributed by atoms with E-state index in [1.54, 1.807) is 0 Å². The van der Waals surface area contributed by atoms with Crippen molar-refractivity contribution in [2.75, 3.05) is 26.3 Å². The standard InChI is InChI=1S/C18H23F3N2O5S/c19-18(20,21)28-15-4-1-5-16(11-15)29(25,26)23-8-6-13(7-9-23)17(24)22-14-3-2-10-27-12-14/h1,4-5,11,13-14H,2-3,6-10,12H2,(H,22,24). The number of ether oxygens (including phenoxy) is 2. The van der Waals surface area contributed by atoms with E-state index in [1.807, 2.05) is 0 Å². The summed E-state index contributed by atoms with van der Waals surface area (Å²) in [5.41, 5.74) is 0. The predicted octanol–water partition coefficient (Wildman–Crippen LogP) is 2.28. The van der Waals surface area contributed by atoms with E-state index in [0.717, 1.165) is 25.0 Å². The molecule has 1 N–H and O–H groups in total. The summed E-state index contributed by atoms with van der Waals surface area (Å²) in [7, 11) is -3.98. The van der Waals surface area contributed by atoms with E-state index >= 15 is 0 Å². The lowest BCUT2D eigenvalue weighted by molar-refractivity contribution is -0.274. The molecule has 3 rings (SSSR count). The zero-order valence-corrected chi connectivity index (χ0v) is 16.5. The molecule has 1 unspecified atom stereocenters. The number of halogens is 3. The minimum atomic E-state index is -4.91. The first-order chi connectivity index (χ1) is 13.6. The van der Waals surface area contributed by atoms with Gasteiger partial charge in [-0.1, -0.05) is 6.07 Å². The van der Waals surface area contributed by atoms with Gasteiger partial charge in [0.05, 0.1) is 17.5 Å². The lowest BCUT2D eigenvalue weighted by Crippen LogP contribution is -2.47. The summed E-state index contributed by atoms with van der Waals surface area (Å²) in [6.45, 7) is 1.41. The minimum absolute atomic E-state index is 0.0191. The normalized spacial score (nSPS) is 22.2. The van der Waals surface area contributed by atoms with Gasteiger partial charge in [0.15, 0.2) is 0 Å². The fourth-order valence-electron chi connectivity index (χ4n) is 3.51. The SMILES string of the molecule is O=C(NC1CCCOC1)C1CCN(S(=O)(=O)c2cccc(OC(F)(F)F)c2)CC1. The van der Waals surface area contributed by atoms with Crippen LogP contribution in [0.25, 0.3) is 0 Å². The number of sulfonamides is 1. The van der Waals surface area contributed by atoms with Crippen molar-refractivity contribution >= 4 is 15.9 Å². The van der Waals surface area contributed by atoms with Crippen molar-refractivity contribution in [1.29, 1.82) is 0 Å².